The number of nitrogens with one attached hydrogen (secondary N) is 1. The minimum atomic E-state index is -0.529. The number of carbonyl (C=O) groups is 1. The number of hydrogen-bond acceptors (Lipinski definition) is 6. The summed E-state index contributed by atoms with van der Waals surface area (Å²) in [4.78, 5) is 14.8. The molecule has 1 aliphatic rings. The predicted octanol–water partition coefficient (Wildman–Crippen LogP) is 4.23. The van der Waals surface area contributed by atoms with Crippen LogP contribution in [0.5, 0.6) is 0 Å². The van der Waals surface area contributed by atoms with Gasteiger partial charge in [-0.1, -0.05) is 11.3 Å². The Bertz CT molecular complexity index is 1180. The van der Waals surface area contributed by atoms with Crippen LogP contribution in [0.1, 0.15) is 29.8 Å². The molecule has 0 bridgehead atoms. The van der Waals surface area contributed by atoms with Gasteiger partial charge < -0.3 is 9.47 Å². The van der Waals surface area contributed by atoms with E-state index in [0.717, 1.165) is 53.7 Å². The molecule has 4 rings (SSSR count). The van der Waals surface area contributed by atoms with Gasteiger partial charge in [0, 0.05) is 30.2 Å². The third kappa shape index (κ3) is 4.34. The third-order valence-electron chi connectivity index (χ3n) is 5.23. The van der Waals surface area contributed by atoms with Crippen LogP contribution in [0.2, 0.25) is 0 Å². The number of nitriles is 1. The molecule has 0 atom stereocenters. The molecule has 1 N–H and O–H groups in total. The summed E-state index contributed by atoms with van der Waals surface area (Å²) in [5, 5.41) is 21.5. The van der Waals surface area contributed by atoms with Crippen molar-refractivity contribution in [2.24, 2.45) is 0 Å². The largest absolute Gasteiger partial charge is 0.347 e. The zero-order valence-corrected chi connectivity index (χ0v) is 18.0. The topological polar surface area (TPSA) is 86.8 Å². The van der Waals surface area contributed by atoms with Gasteiger partial charge in [0.2, 0.25) is 10.3 Å². The fourth-order valence-electron chi connectivity index (χ4n) is 3.69. The number of hydrogen-bond donors (Lipinski definition) is 1. The SMILES string of the molecule is Cc1cc(/C=C(/C#N)C(=O)Nc2nnc(N3CCCC3)s2)c(C)n1-c1ccc(F)cc1. The zero-order chi connectivity index (χ0) is 22.0. The zero-order valence-electron chi connectivity index (χ0n) is 17.2. The molecule has 1 aliphatic heterocycles. The molecule has 0 aliphatic carbocycles. The number of anilines is 2. The van der Waals surface area contributed by atoms with Gasteiger partial charge >= 0.3 is 0 Å². The Morgan fingerprint density at radius 3 is 2.61 bits per heavy atom. The summed E-state index contributed by atoms with van der Waals surface area (Å²) in [6.07, 6.45) is 3.80. The first-order valence-corrected chi connectivity index (χ1v) is 10.7. The summed E-state index contributed by atoms with van der Waals surface area (Å²) in [5.41, 5.74) is 3.27. The molecule has 31 heavy (non-hydrogen) atoms. The van der Waals surface area contributed by atoms with Crippen LogP contribution in [-0.4, -0.2) is 33.8 Å². The van der Waals surface area contributed by atoms with Gasteiger partial charge in [-0.05, 0) is 68.7 Å². The van der Waals surface area contributed by atoms with Gasteiger partial charge in [-0.25, -0.2) is 4.39 Å². The van der Waals surface area contributed by atoms with Crippen molar-refractivity contribution >= 4 is 33.6 Å². The molecule has 3 aromatic rings. The normalized spacial score (nSPS) is 14.0. The number of aryl methyl sites for hydroxylation is 1. The second-order valence-corrected chi connectivity index (χ2v) is 8.30. The maximum Gasteiger partial charge on any atom is 0.268 e. The van der Waals surface area contributed by atoms with Crippen LogP contribution in [0.15, 0.2) is 35.9 Å². The van der Waals surface area contributed by atoms with Crippen molar-refractivity contribution in [3.63, 3.8) is 0 Å². The highest BCUT2D eigenvalue weighted by Gasteiger charge is 2.19. The van der Waals surface area contributed by atoms with Crippen molar-refractivity contribution in [2.75, 3.05) is 23.3 Å². The van der Waals surface area contributed by atoms with Crippen LogP contribution in [0, 0.1) is 31.0 Å². The Morgan fingerprint density at radius 2 is 1.94 bits per heavy atom. The quantitative estimate of drug-likeness (QED) is 0.478. The maximum atomic E-state index is 13.3. The Morgan fingerprint density at radius 1 is 1.23 bits per heavy atom. The van der Waals surface area contributed by atoms with Crippen LogP contribution in [0.3, 0.4) is 0 Å². The number of nitrogens with zero attached hydrogens (tertiary/aromatic N) is 5. The van der Waals surface area contributed by atoms with E-state index < -0.39 is 5.91 Å². The molecule has 158 valence electrons. The van der Waals surface area contributed by atoms with Gasteiger partial charge in [0.25, 0.3) is 5.91 Å². The molecule has 0 spiro atoms. The first-order chi connectivity index (χ1) is 15.0. The lowest BCUT2D eigenvalue weighted by atomic mass is 10.1. The summed E-state index contributed by atoms with van der Waals surface area (Å²) in [7, 11) is 0. The van der Waals surface area contributed by atoms with Gasteiger partial charge in [0.15, 0.2) is 0 Å². The number of carbonyl (C=O) groups excluding carboxylic acids is 1. The average molecular weight is 437 g/mol. The number of halogens is 1. The average Bonchev–Trinajstić information content (AvgIpc) is 3.48. The lowest BCUT2D eigenvalue weighted by Crippen LogP contribution is -2.17. The first kappa shape index (κ1) is 20.8. The van der Waals surface area contributed by atoms with Crippen LogP contribution in [0.4, 0.5) is 14.7 Å². The van der Waals surface area contributed by atoms with Gasteiger partial charge in [0.1, 0.15) is 17.5 Å². The standard InChI is InChI=1S/C22H21FN6OS/c1-14-11-16(15(2)29(14)19-7-5-18(23)6-8-19)12-17(13-24)20(30)25-21-26-27-22(31-21)28-9-3-4-10-28/h5-8,11-12H,3-4,9-10H2,1-2H3,(H,25,26,30)/b17-12-. The van der Waals surface area contributed by atoms with Crippen LogP contribution in [0.25, 0.3) is 11.8 Å². The molecule has 1 amide bonds. The van der Waals surface area contributed by atoms with Crippen LogP contribution >= 0.6 is 11.3 Å². The van der Waals surface area contributed by atoms with Gasteiger partial charge in [-0.2, -0.15) is 5.26 Å². The summed E-state index contributed by atoms with van der Waals surface area (Å²) in [6.45, 7) is 5.69. The van der Waals surface area contributed by atoms with E-state index in [1.165, 1.54) is 23.5 Å². The molecule has 1 saturated heterocycles. The molecule has 0 saturated carbocycles. The highest BCUT2D eigenvalue weighted by molar-refractivity contribution is 7.19. The van der Waals surface area contributed by atoms with Crippen molar-refractivity contribution in [2.45, 2.75) is 26.7 Å². The fourth-order valence-corrected chi connectivity index (χ4v) is 4.48. The van der Waals surface area contributed by atoms with Crippen molar-refractivity contribution in [3.8, 4) is 11.8 Å². The molecule has 0 radical (unpaired) electrons. The minimum Gasteiger partial charge on any atom is -0.347 e. The summed E-state index contributed by atoms with van der Waals surface area (Å²) in [5.74, 6) is -0.836. The molecule has 7 nitrogen and oxygen atoms in total. The lowest BCUT2D eigenvalue weighted by Gasteiger charge is -2.10. The second-order valence-electron chi connectivity index (χ2n) is 7.35. The molecule has 1 fully saturated rings. The monoisotopic (exact) mass is 436 g/mol. The molecular weight excluding hydrogens is 415 g/mol. The Kier molecular flexibility index (Phi) is 5.82. The van der Waals surface area contributed by atoms with E-state index in [1.807, 2.05) is 30.6 Å². The molecule has 3 heterocycles. The maximum absolute atomic E-state index is 13.3. The highest BCUT2D eigenvalue weighted by atomic mass is 32.1. The lowest BCUT2D eigenvalue weighted by molar-refractivity contribution is -0.112. The smallest absolute Gasteiger partial charge is 0.268 e. The Hall–Kier alpha value is -3.51. The second kappa shape index (κ2) is 8.70. The summed E-state index contributed by atoms with van der Waals surface area (Å²) in [6, 6.07) is 10.0. The van der Waals surface area contributed by atoms with Crippen molar-refractivity contribution in [1.29, 1.82) is 5.26 Å². The molecule has 2 aromatic heterocycles. The number of rotatable bonds is 5. The summed E-state index contributed by atoms with van der Waals surface area (Å²) >= 11 is 1.30. The highest BCUT2D eigenvalue weighted by Crippen LogP contribution is 2.28. The molecule has 9 heteroatoms. The van der Waals surface area contributed by atoms with Gasteiger partial charge in [0.05, 0.1) is 0 Å². The summed E-state index contributed by atoms with van der Waals surface area (Å²) < 4.78 is 15.2. The fraction of sp³-hybridized carbons (Fsp3) is 0.273. The third-order valence-corrected chi connectivity index (χ3v) is 6.13. The van der Waals surface area contributed by atoms with Crippen molar-refractivity contribution in [3.05, 3.63) is 58.7 Å². The Balaban J connectivity index is 1.55. The number of amides is 1. The van der Waals surface area contributed by atoms with Crippen LogP contribution in [-0.2, 0) is 4.79 Å². The molecule has 1 aromatic carbocycles. The van der Waals surface area contributed by atoms with Crippen molar-refractivity contribution in [1.82, 2.24) is 14.8 Å². The van der Waals surface area contributed by atoms with Gasteiger partial charge in [-0.15, -0.1) is 10.2 Å². The van der Waals surface area contributed by atoms with E-state index in [0.29, 0.717) is 5.13 Å². The van der Waals surface area contributed by atoms with E-state index in [9.17, 15) is 14.4 Å². The minimum absolute atomic E-state index is 0.0303. The number of aromatic nitrogens is 3. The van der Waals surface area contributed by atoms with E-state index in [4.69, 9.17) is 0 Å². The van der Waals surface area contributed by atoms with Crippen molar-refractivity contribution < 1.29 is 9.18 Å². The Labute approximate surface area is 183 Å². The predicted molar refractivity (Wildman–Crippen MR) is 119 cm³/mol. The van der Waals surface area contributed by atoms with E-state index in [1.54, 1.807) is 18.2 Å². The first-order valence-electron chi connectivity index (χ1n) is 9.93. The van der Waals surface area contributed by atoms with E-state index in [2.05, 4.69) is 20.4 Å². The van der Waals surface area contributed by atoms with E-state index >= 15 is 0 Å². The van der Waals surface area contributed by atoms with Crippen LogP contribution < -0.4 is 10.2 Å². The van der Waals surface area contributed by atoms with Gasteiger partial charge in [-0.3, -0.25) is 10.1 Å². The molecular formula is C22H21FN6OS. The number of benzene rings is 1. The molecule has 0 unspecified atom stereocenters. The van der Waals surface area contributed by atoms with E-state index in [-0.39, 0.29) is 11.4 Å².